The summed E-state index contributed by atoms with van der Waals surface area (Å²) in [6.45, 7) is 0.326. The summed E-state index contributed by atoms with van der Waals surface area (Å²) in [6, 6.07) is 20.4. The first-order valence-electron chi connectivity index (χ1n) is 14.4. The van der Waals surface area contributed by atoms with E-state index in [0.29, 0.717) is 18.9 Å². The number of aromatic nitrogens is 2. The molecule has 3 aliphatic carbocycles. The fourth-order valence-corrected chi connectivity index (χ4v) is 7.21. The van der Waals surface area contributed by atoms with Crippen molar-refractivity contribution in [3.8, 4) is 0 Å². The molecule has 42 heavy (non-hydrogen) atoms. The van der Waals surface area contributed by atoms with Gasteiger partial charge in [0.05, 0.1) is 11.4 Å². The zero-order chi connectivity index (χ0) is 28.8. The lowest BCUT2D eigenvalue weighted by molar-refractivity contribution is -0.120. The molecule has 2 fully saturated rings. The molecule has 1 amide bonds. The van der Waals surface area contributed by atoms with Gasteiger partial charge in [0, 0.05) is 41.5 Å². The first-order chi connectivity index (χ1) is 20.4. The zero-order valence-corrected chi connectivity index (χ0v) is 23.8. The number of halogens is 1. The van der Waals surface area contributed by atoms with Gasteiger partial charge in [-0.15, -0.1) is 0 Å². The molecule has 1 aromatic heterocycles. The molecule has 3 aliphatic rings. The molecule has 7 nitrogen and oxygen atoms in total. The molecule has 214 valence electrons. The molecule has 9 heteroatoms. The number of carbonyl (C=O) groups is 1. The molecule has 3 atom stereocenters. The molecule has 0 saturated heterocycles. The van der Waals surface area contributed by atoms with Gasteiger partial charge in [-0.1, -0.05) is 36.4 Å². The maximum absolute atomic E-state index is 14.0. The summed E-state index contributed by atoms with van der Waals surface area (Å²) >= 11 is 0. The number of anilines is 1. The number of sulfonamides is 1. The molecule has 1 heterocycles. The number of nitrogens with one attached hydrogen (secondary N) is 1. The Labute approximate surface area is 244 Å². The Bertz CT molecular complexity index is 1730. The predicted octanol–water partition coefficient (Wildman–Crippen LogP) is 5.80. The minimum atomic E-state index is -3.86. The van der Waals surface area contributed by atoms with Crippen molar-refractivity contribution in [3.63, 3.8) is 0 Å². The highest BCUT2D eigenvalue weighted by Crippen LogP contribution is 2.49. The molecular formula is C33H31FN4O3S. The highest BCUT2D eigenvalue weighted by atomic mass is 32.2. The largest absolute Gasteiger partial charge is 0.308 e. The van der Waals surface area contributed by atoms with Gasteiger partial charge >= 0.3 is 0 Å². The Kier molecular flexibility index (Phi) is 6.86. The van der Waals surface area contributed by atoms with E-state index in [1.165, 1.54) is 12.1 Å². The maximum Gasteiger partial charge on any atom is 0.241 e. The number of carbonyl (C=O) groups excluding carboxylic acids is 1. The van der Waals surface area contributed by atoms with Crippen LogP contribution in [0.4, 0.5) is 10.1 Å². The monoisotopic (exact) mass is 582 g/mol. The molecule has 3 unspecified atom stereocenters. The number of benzene rings is 3. The van der Waals surface area contributed by atoms with Gasteiger partial charge in [0.15, 0.2) is 0 Å². The van der Waals surface area contributed by atoms with Gasteiger partial charge in [0.2, 0.25) is 15.9 Å². The Morgan fingerprint density at radius 2 is 1.69 bits per heavy atom. The third-order valence-electron chi connectivity index (χ3n) is 8.55. The van der Waals surface area contributed by atoms with Crippen LogP contribution in [0.5, 0.6) is 0 Å². The van der Waals surface area contributed by atoms with Crippen LogP contribution in [0, 0.1) is 11.7 Å². The molecule has 4 aromatic rings. The van der Waals surface area contributed by atoms with Crippen LogP contribution in [0.1, 0.15) is 71.6 Å². The Hall–Kier alpha value is -3.95. The molecule has 7 rings (SSSR count). The highest BCUT2D eigenvalue weighted by Gasteiger charge is 2.46. The van der Waals surface area contributed by atoms with Crippen molar-refractivity contribution >= 4 is 21.6 Å². The summed E-state index contributed by atoms with van der Waals surface area (Å²) in [7, 11) is -3.86. The molecule has 0 spiro atoms. The SMILES string of the molecule is O=C(C1CC1c1ccccc1)N(Cc1cnc(C2CC2)nc1)c1ccc2c(c1)C(NS(=O)(=O)c1ccc(F)cc1)CC2. The van der Waals surface area contributed by atoms with Crippen LogP contribution in [0.3, 0.4) is 0 Å². The van der Waals surface area contributed by atoms with Gasteiger partial charge in [-0.3, -0.25) is 4.79 Å². The Morgan fingerprint density at radius 3 is 2.40 bits per heavy atom. The Morgan fingerprint density at radius 1 is 0.952 bits per heavy atom. The van der Waals surface area contributed by atoms with Crippen molar-refractivity contribution < 1.29 is 17.6 Å². The topological polar surface area (TPSA) is 92.3 Å². The highest BCUT2D eigenvalue weighted by molar-refractivity contribution is 7.89. The average molecular weight is 583 g/mol. The first-order valence-corrected chi connectivity index (χ1v) is 15.9. The summed E-state index contributed by atoms with van der Waals surface area (Å²) < 4.78 is 42.4. The summed E-state index contributed by atoms with van der Waals surface area (Å²) in [4.78, 5) is 25.0. The van der Waals surface area contributed by atoms with E-state index in [0.717, 1.165) is 71.6 Å². The summed E-state index contributed by atoms with van der Waals surface area (Å²) in [6.07, 6.45) is 7.98. The number of hydrogen-bond donors (Lipinski definition) is 1. The van der Waals surface area contributed by atoms with Crippen LogP contribution in [0.2, 0.25) is 0 Å². The van der Waals surface area contributed by atoms with Crippen LogP contribution < -0.4 is 9.62 Å². The van der Waals surface area contributed by atoms with Crippen LogP contribution >= 0.6 is 0 Å². The number of amides is 1. The Balaban J connectivity index is 1.17. The second-order valence-electron chi connectivity index (χ2n) is 11.6. The van der Waals surface area contributed by atoms with Gasteiger partial charge in [-0.25, -0.2) is 27.5 Å². The minimum Gasteiger partial charge on any atom is -0.308 e. The minimum absolute atomic E-state index is 0.0145. The van der Waals surface area contributed by atoms with E-state index < -0.39 is 21.9 Å². The van der Waals surface area contributed by atoms with Crippen molar-refractivity contribution in [3.05, 3.63) is 119 Å². The van der Waals surface area contributed by atoms with Crippen molar-refractivity contribution in [1.82, 2.24) is 14.7 Å². The van der Waals surface area contributed by atoms with Crippen molar-refractivity contribution in [2.75, 3.05) is 4.90 Å². The third-order valence-corrected chi connectivity index (χ3v) is 10.0. The van der Waals surface area contributed by atoms with Gasteiger partial charge in [-0.05, 0) is 91.1 Å². The second-order valence-corrected chi connectivity index (χ2v) is 13.3. The number of fused-ring (bicyclic) bond motifs is 1. The van der Waals surface area contributed by atoms with E-state index in [1.807, 2.05) is 48.8 Å². The van der Waals surface area contributed by atoms with E-state index in [1.54, 1.807) is 4.90 Å². The molecular weight excluding hydrogens is 551 g/mol. The maximum atomic E-state index is 14.0. The number of aryl methyl sites for hydroxylation is 1. The number of nitrogens with zero attached hydrogens (tertiary/aromatic N) is 3. The van der Waals surface area contributed by atoms with Crippen molar-refractivity contribution in [1.29, 1.82) is 0 Å². The molecule has 2 saturated carbocycles. The van der Waals surface area contributed by atoms with Gasteiger partial charge in [-0.2, -0.15) is 0 Å². The van der Waals surface area contributed by atoms with Crippen LogP contribution in [0.25, 0.3) is 0 Å². The first kappa shape index (κ1) is 26.9. The second kappa shape index (κ2) is 10.7. The molecule has 1 N–H and O–H groups in total. The standard InChI is InChI=1S/C33H31FN4O3S/c34-25-10-13-27(14-11-25)42(40,41)37-31-15-9-23-8-12-26(16-29(23)31)38(20-21-18-35-32(36-19-21)24-6-7-24)33(39)30-17-28(30)22-4-2-1-3-5-22/h1-5,8,10-14,16,18-19,24,28,30-31,37H,6-7,9,15,17,20H2. The van der Waals surface area contributed by atoms with Gasteiger partial charge < -0.3 is 4.90 Å². The molecule has 0 radical (unpaired) electrons. The van der Waals surface area contributed by atoms with E-state index in [2.05, 4.69) is 26.8 Å². The summed E-state index contributed by atoms with van der Waals surface area (Å²) in [5, 5.41) is 0. The lowest BCUT2D eigenvalue weighted by Gasteiger charge is -2.25. The van der Waals surface area contributed by atoms with E-state index in [9.17, 15) is 17.6 Å². The number of rotatable bonds is 9. The summed E-state index contributed by atoms with van der Waals surface area (Å²) in [5.74, 6) is 0.905. The van der Waals surface area contributed by atoms with E-state index in [-0.39, 0.29) is 22.6 Å². The average Bonchev–Trinajstić information content (AvgIpc) is 3.94. The zero-order valence-electron chi connectivity index (χ0n) is 23.0. The van der Waals surface area contributed by atoms with Crippen LogP contribution in [-0.4, -0.2) is 24.3 Å². The quantitative estimate of drug-likeness (QED) is 0.270. The van der Waals surface area contributed by atoms with E-state index in [4.69, 9.17) is 0 Å². The van der Waals surface area contributed by atoms with Crippen molar-refractivity contribution in [2.24, 2.45) is 5.92 Å². The fraction of sp³-hybridized carbons (Fsp3) is 0.303. The smallest absolute Gasteiger partial charge is 0.241 e. The lowest BCUT2D eigenvalue weighted by atomic mass is 10.1. The van der Waals surface area contributed by atoms with Gasteiger partial charge in [0.1, 0.15) is 11.6 Å². The van der Waals surface area contributed by atoms with Crippen LogP contribution in [0.15, 0.2) is 90.1 Å². The van der Waals surface area contributed by atoms with E-state index >= 15 is 0 Å². The number of hydrogen-bond acceptors (Lipinski definition) is 5. The fourth-order valence-electron chi connectivity index (χ4n) is 5.96. The molecule has 0 aliphatic heterocycles. The lowest BCUT2D eigenvalue weighted by Crippen LogP contribution is -2.32. The molecule has 3 aromatic carbocycles. The molecule has 0 bridgehead atoms. The normalized spacial score (nSPS) is 21.1. The third kappa shape index (κ3) is 5.46. The predicted molar refractivity (Wildman–Crippen MR) is 157 cm³/mol. The van der Waals surface area contributed by atoms with Gasteiger partial charge in [0.25, 0.3) is 0 Å². The summed E-state index contributed by atoms with van der Waals surface area (Å²) in [5.41, 5.74) is 4.63. The van der Waals surface area contributed by atoms with Crippen LogP contribution in [-0.2, 0) is 27.8 Å². The van der Waals surface area contributed by atoms with Crippen molar-refractivity contribution in [2.45, 2.75) is 61.4 Å².